The zero-order valence-corrected chi connectivity index (χ0v) is 31.0. The van der Waals surface area contributed by atoms with E-state index in [1.807, 2.05) is 0 Å². The number of nitrogens with two attached hydrogens (primary N) is 2. The number of phosphoric acid groups is 2. The van der Waals surface area contributed by atoms with E-state index in [1.165, 1.54) is 0 Å². The number of fused-ring (bicyclic) bond motifs is 2. The number of nitrogen functional groups attached to an aromatic ring is 2. The molecule has 0 bridgehead atoms. The number of hydrogen-bond acceptors (Lipinski definition) is 21. The summed E-state index contributed by atoms with van der Waals surface area (Å²) in [5, 5.41) is 65.8. The standard InChI is InChI=1S/C20H26N10O15P2.2Na/c21-19-25-13-7(15(35)27-19)23-3-29(13)17-11(33)9(31)5(43-17)1-41-46(37,38)45-47(39,40)42-2-6-10(32)12(34)18(44-6)30-4-24-8-14(30)26-20(22)28-16(8)36;;/h3-6,9-12,17-18,31-34H,1-2H2,(H,37,38)(H,39,40)(H3,21,25,27,35)(H3,22,26,28,36);;/q;2*+1/p-2/t5-,6-,9-,10-,11-,12-,17-,18-;;/m1../s1. The predicted molar refractivity (Wildman–Crippen MR) is 143 cm³/mol. The van der Waals surface area contributed by atoms with E-state index < -0.39 is 102 Å². The number of ether oxygens (including phenoxy) is 2. The minimum atomic E-state index is -5.45. The molecule has 6 rings (SSSR count). The van der Waals surface area contributed by atoms with Crippen molar-refractivity contribution in [2.75, 3.05) is 24.7 Å². The number of imidazole rings is 2. The molecule has 2 aliphatic rings. The summed E-state index contributed by atoms with van der Waals surface area (Å²) in [5.41, 5.74) is 10.3. The summed E-state index contributed by atoms with van der Waals surface area (Å²) in [4.78, 5) is 42.4. The van der Waals surface area contributed by atoms with Crippen LogP contribution in [0, 0.1) is 0 Å². The van der Waals surface area contributed by atoms with E-state index in [-0.39, 0.29) is 81.4 Å². The summed E-state index contributed by atoms with van der Waals surface area (Å²) in [7, 11) is -10.9. The van der Waals surface area contributed by atoms with Gasteiger partial charge in [0.1, 0.15) is 47.7 Å². The Balaban J connectivity index is 0.00000270. The maximum Gasteiger partial charge on any atom is 1.00 e. The van der Waals surface area contributed by atoms with Crippen LogP contribution in [0.2, 0.25) is 0 Å². The molecular formula is C20H24N10Na2O15P2. The van der Waals surface area contributed by atoms with Crippen molar-refractivity contribution in [3.05, 3.63) is 12.7 Å². The Kier molecular flexibility index (Phi) is 12.4. The van der Waals surface area contributed by atoms with Gasteiger partial charge in [-0.1, -0.05) is 0 Å². The van der Waals surface area contributed by atoms with Gasteiger partial charge in [0.25, 0.3) is 0 Å². The van der Waals surface area contributed by atoms with Crippen LogP contribution in [-0.2, 0) is 32.0 Å². The topological polar surface area (TPSA) is 387 Å². The summed E-state index contributed by atoms with van der Waals surface area (Å²) >= 11 is 0. The molecule has 25 nitrogen and oxygen atoms in total. The Hall–Kier alpha value is -1.68. The molecule has 0 spiro atoms. The normalized spacial score (nSPS) is 29.3. The van der Waals surface area contributed by atoms with Crippen molar-refractivity contribution in [2.24, 2.45) is 0 Å². The molecule has 4 aromatic heterocycles. The van der Waals surface area contributed by atoms with Gasteiger partial charge in [-0.15, -0.1) is 0 Å². The van der Waals surface area contributed by atoms with Gasteiger partial charge in [0, 0.05) is 11.8 Å². The number of aliphatic hydroxyl groups is 4. The zero-order valence-electron chi connectivity index (χ0n) is 25.2. The van der Waals surface area contributed by atoms with Gasteiger partial charge in [0.05, 0.1) is 25.9 Å². The molecule has 2 unspecified atom stereocenters. The molecule has 0 aromatic carbocycles. The van der Waals surface area contributed by atoms with Crippen LogP contribution in [0.15, 0.2) is 12.7 Å². The zero-order chi connectivity index (χ0) is 34.0. The van der Waals surface area contributed by atoms with Crippen LogP contribution in [0.3, 0.4) is 0 Å². The number of nitrogens with zero attached hydrogens (tertiary/aromatic N) is 8. The number of hydrogen-bond donors (Lipinski definition) is 8. The van der Waals surface area contributed by atoms with E-state index >= 15 is 0 Å². The molecule has 256 valence electrons. The first-order valence-electron chi connectivity index (χ1n) is 13.1. The van der Waals surface area contributed by atoms with Crippen molar-refractivity contribution in [1.29, 1.82) is 0 Å². The van der Waals surface area contributed by atoms with Gasteiger partial charge in [-0.05, 0) is 0 Å². The van der Waals surface area contributed by atoms with E-state index in [0.29, 0.717) is 0 Å². The summed E-state index contributed by atoms with van der Waals surface area (Å²) in [6.45, 7) is -1.95. The fourth-order valence-electron chi connectivity index (χ4n) is 4.89. The van der Waals surface area contributed by atoms with Gasteiger partial charge in [-0.3, -0.25) is 18.2 Å². The second kappa shape index (κ2) is 15.1. The van der Waals surface area contributed by atoms with Gasteiger partial charge in [-0.25, -0.2) is 29.1 Å². The number of anilines is 2. The van der Waals surface area contributed by atoms with Crippen molar-refractivity contribution in [1.82, 2.24) is 39.0 Å². The van der Waals surface area contributed by atoms with Gasteiger partial charge in [0.15, 0.2) is 23.8 Å². The van der Waals surface area contributed by atoms with Crippen LogP contribution in [-0.4, -0.2) is 119 Å². The largest absolute Gasteiger partial charge is 1.00 e. The quantitative estimate of drug-likeness (QED) is 0.0550. The first-order valence-corrected chi connectivity index (χ1v) is 16.1. The van der Waals surface area contributed by atoms with E-state index in [2.05, 4.69) is 43.3 Å². The van der Waals surface area contributed by atoms with Crippen LogP contribution in [0.25, 0.3) is 22.3 Å². The molecule has 10 N–H and O–H groups in total. The van der Waals surface area contributed by atoms with Crippen LogP contribution < -0.4 is 80.8 Å². The minimum absolute atomic E-state index is 0. The van der Waals surface area contributed by atoms with Crippen LogP contribution in [0.1, 0.15) is 12.5 Å². The Morgan fingerprint density at radius 3 is 1.45 bits per heavy atom. The Morgan fingerprint density at radius 2 is 1.08 bits per heavy atom. The fourth-order valence-corrected chi connectivity index (χ4v) is 6.98. The number of aliphatic hydroxyl groups excluding tert-OH is 4. The molecule has 10 atom stereocenters. The number of aromatic nitrogens is 8. The van der Waals surface area contributed by atoms with Crippen molar-refractivity contribution in [3.63, 3.8) is 0 Å². The molecule has 0 radical (unpaired) electrons. The van der Waals surface area contributed by atoms with Gasteiger partial charge in [-0.2, -0.15) is 14.3 Å². The van der Waals surface area contributed by atoms with Crippen molar-refractivity contribution >= 4 is 49.9 Å². The molecule has 2 aliphatic heterocycles. The molecule has 49 heavy (non-hydrogen) atoms. The molecule has 0 amide bonds. The van der Waals surface area contributed by atoms with Crippen molar-refractivity contribution in [2.45, 2.75) is 49.1 Å². The average Bonchev–Trinajstić information content (AvgIpc) is 3.72. The van der Waals surface area contributed by atoms with E-state index in [4.69, 9.17) is 20.9 Å². The Labute approximate surface area is 316 Å². The number of rotatable bonds is 10. The first kappa shape index (κ1) is 40.1. The fraction of sp³-hybridized carbons (Fsp3) is 0.500. The van der Waals surface area contributed by atoms with Crippen molar-refractivity contribution < 1.29 is 132 Å². The second-order valence-electron chi connectivity index (χ2n) is 10.1. The van der Waals surface area contributed by atoms with Crippen LogP contribution in [0.5, 0.6) is 11.8 Å². The molecule has 0 saturated carbocycles. The SMILES string of the molecule is Nc1nc([O-])c2ncn([C@@H]3O[C@H](COP(=O)(O)OP(=O)(O)OC[C@H]4O[C@@H](n5cnc6c([O-])nc(N)nc65)[C@H](O)[C@@H]4O)[C@@H](O)[C@H]3O)c2n1.[Na+].[Na+]. The molecule has 0 aliphatic carbocycles. The van der Waals surface area contributed by atoms with Gasteiger partial charge in [0.2, 0.25) is 11.9 Å². The molecule has 6 heterocycles. The third-order valence-corrected chi connectivity index (χ3v) is 9.65. The van der Waals surface area contributed by atoms with E-state index in [9.17, 15) is 49.6 Å². The summed E-state index contributed by atoms with van der Waals surface area (Å²) in [6.07, 6.45) is -10.7. The molecule has 2 fully saturated rings. The smallest absolute Gasteiger partial charge is 0.857 e. The third kappa shape index (κ3) is 8.05. The maximum absolute atomic E-state index is 12.5. The molecule has 4 aromatic rings. The number of phosphoric ester groups is 2. The van der Waals surface area contributed by atoms with E-state index in [1.54, 1.807) is 0 Å². The van der Waals surface area contributed by atoms with Crippen LogP contribution >= 0.6 is 15.6 Å². The minimum Gasteiger partial charge on any atom is -0.857 e. The van der Waals surface area contributed by atoms with Crippen LogP contribution in [0.4, 0.5) is 11.9 Å². The first-order chi connectivity index (χ1) is 22.0. The molecule has 29 heteroatoms. The summed E-state index contributed by atoms with van der Waals surface area (Å²) in [5.74, 6) is -2.43. The average molecular weight is 752 g/mol. The summed E-state index contributed by atoms with van der Waals surface area (Å²) in [6, 6.07) is 0. The maximum atomic E-state index is 12.5. The monoisotopic (exact) mass is 752 g/mol. The van der Waals surface area contributed by atoms with Crippen molar-refractivity contribution in [3.8, 4) is 11.8 Å². The summed E-state index contributed by atoms with van der Waals surface area (Å²) < 4.78 is 51.7. The molecular weight excluding hydrogens is 728 g/mol. The predicted octanol–water partition coefficient (Wildman–Crippen LogP) is -10.5. The second-order valence-corrected chi connectivity index (χ2v) is 13.2. The Bertz CT molecular complexity index is 1790. The molecule has 2 saturated heterocycles. The van der Waals surface area contributed by atoms with Gasteiger partial charge >= 0.3 is 74.8 Å². The van der Waals surface area contributed by atoms with Gasteiger partial charge < -0.3 is 61.4 Å². The Morgan fingerprint density at radius 1 is 0.714 bits per heavy atom. The van der Waals surface area contributed by atoms with E-state index in [0.717, 1.165) is 21.8 Å². The third-order valence-electron chi connectivity index (χ3n) is 7.05.